The van der Waals surface area contributed by atoms with Crippen LogP contribution in [0.25, 0.3) is 0 Å². The van der Waals surface area contributed by atoms with Crippen molar-refractivity contribution in [2.45, 2.75) is 19.3 Å². The number of carbonyl (C=O) groups is 2. The highest BCUT2D eigenvalue weighted by atomic mass is 16.2. The Morgan fingerprint density at radius 1 is 0.900 bits per heavy atom. The van der Waals surface area contributed by atoms with Gasteiger partial charge in [0.2, 0.25) is 11.8 Å². The molecule has 1 N–H and O–H groups in total. The summed E-state index contributed by atoms with van der Waals surface area (Å²) in [7, 11) is 2.07. The van der Waals surface area contributed by atoms with Gasteiger partial charge in [-0.15, -0.1) is 0 Å². The van der Waals surface area contributed by atoms with Crippen molar-refractivity contribution in [1.29, 1.82) is 0 Å². The van der Waals surface area contributed by atoms with Crippen molar-refractivity contribution in [2.24, 2.45) is 0 Å². The zero-order valence-electron chi connectivity index (χ0n) is 12.4. The van der Waals surface area contributed by atoms with Crippen molar-refractivity contribution in [3.8, 4) is 0 Å². The van der Waals surface area contributed by atoms with E-state index in [-0.39, 0.29) is 11.8 Å². The van der Waals surface area contributed by atoms with Crippen molar-refractivity contribution < 1.29 is 9.59 Å². The first-order valence-electron chi connectivity index (χ1n) is 7.61. The molecule has 2 saturated heterocycles. The van der Waals surface area contributed by atoms with Crippen LogP contribution in [-0.2, 0) is 9.59 Å². The SMILES string of the molecule is CN1CCN(C(=O)CNCCC(=O)N2CCCC2)CC1. The predicted octanol–water partition coefficient (Wildman–Crippen LogP) is -0.637. The Labute approximate surface area is 121 Å². The lowest BCUT2D eigenvalue weighted by atomic mass is 10.3. The molecule has 2 aliphatic rings. The molecule has 0 bridgehead atoms. The van der Waals surface area contributed by atoms with Crippen LogP contribution in [-0.4, -0.2) is 85.9 Å². The normalized spacial score (nSPS) is 20.4. The number of carbonyl (C=O) groups excluding carboxylic acids is 2. The number of nitrogens with zero attached hydrogens (tertiary/aromatic N) is 3. The molecule has 2 fully saturated rings. The molecule has 6 heteroatoms. The topological polar surface area (TPSA) is 55.9 Å². The van der Waals surface area contributed by atoms with E-state index in [9.17, 15) is 9.59 Å². The first-order chi connectivity index (χ1) is 9.66. The van der Waals surface area contributed by atoms with Gasteiger partial charge in [-0.25, -0.2) is 0 Å². The van der Waals surface area contributed by atoms with Gasteiger partial charge in [-0.2, -0.15) is 0 Å². The van der Waals surface area contributed by atoms with Crippen LogP contribution < -0.4 is 5.32 Å². The maximum absolute atomic E-state index is 12.0. The monoisotopic (exact) mass is 282 g/mol. The summed E-state index contributed by atoms with van der Waals surface area (Å²) in [5.41, 5.74) is 0. The van der Waals surface area contributed by atoms with Gasteiger partial charge in [0.15, 0.2) is 0 Å². The van der Waals surface area contributed by atoms with E-state index in [1.165, 1.54) is 0 Å². The maximum atomic E-state index is 12.0. The summed E-state index contributed by atoms with van der Waals surface area (Å²) >= 11 is 0. The lowest BCUT2D eigenvalue weighted by Crippen LogP contribution is -2.49. The highest BCUT2D eigenvalue weighted by Gasteiger charge is 2.19. The van der Waals surface area contributed by atoms with Crippen LogP contribution in [0.2, 0.25) is 0 Å². The number of hydrogen-bond acceptors (Lipinski definition) is 4. The average Bonchev–Trinajstić information content (AvgIpc) is 2.98. The molecule has 0 aromatic rings. The second-order valence-electron chi connectivity index (χ2n) is 5.70. The van der Waals surface area contributed by atoms with Crippen LogP contribution in [0.15, 0.2) is 0 Å². The molecule has 0 saturated carbocycles. The molecule has 0 aliphatic carbocycles. The van der Waals surface area contributed by atoms with Crippen molar-refractivity contribution in [3.05, 3.63) is 0 Å². The van der Waals surface area contributed by atoms with Gasteiger partial charge < -0.3 is 20.0 Å². The van der Waals surface area contributed by atoms with E-state index in [0.717, 1.165) is 52.1 Å². The fraction of sp³-hybridized carbons (Fsp3) is 0.857. The number of amides is 2. The summed E-state index contributed by atoms with van der Waals surface area (Å²) in [6, 6.07) is 0. The molecule has 0 spiro atoms. The molecule has 114 valence electrons. The molecule has 20 heavy (non-hydrogen) atoms. The highest BCUT2D eigenvalue weighted by molar-refractivity contribution is 5.79. The first kappa shape index (κ1) is 15.3. The first-order valence-corrected chi connectivity index (χ1v) is 7.61. The van der Waals surface area contributed by atoms with Gasteiger partial charge in [-0.3, -0.25) is 9.59 Å². The Bertz CT molecular complexity index is 334. The van der Waals surface area contributed by atoms with Gasteiger partial charge in [0.05, 0.1) is 6.54 Å². The van der Waals surface area contributed by atoms with Crippen LogP contribution in [0.1, 0.15) is 19.3 Å². The number of likely N-dealkylation sites (tertiary alicyclic amines) is 1. The van der Waals surface area contributed by atoms with Crippen LogP contribution in [0.4, 0.5) is 0 Å². The zero-order chi connectivity index (χ0) is 14.4. The Hall–Kier alpha value is -1.14. The fourth-order valence-corrected chi connectivity index (χ4v) is 2.68. The predicted molar refractivity (Wildman–Crippen MR) is 77.4 cm³/mol. The third kappa shape index (κ3) is 4.45. The molecule has 0 atom stereocenters. The largest absolute Gasteiger partial charge is 0.343 e. The zero-order valence-corrected chi connectivity index (χ0v) is 12.4. The number of piperazine rings is 1. The number of hydrogen-bond donors (Lipinski definition) is 1. The van der Waals surface area contributed by atoms with Gasteiger partial charge >= 0.3 is 0 Å². The second kappa shape index (κ2) is 7.59. The Morgan fingerprint density at radius 2 is 1.50 bits per heavy atom. The molecule has 2 heterocycles. The molecular weight excluding hydrogens is 256 g/mol. The molecule has 6 nitrogen and oxygen atoms in total. The van der Waals surface area contributed by atoms with Crippen molar-refractivity contribution in [2.75, 3.05) is 59.4 Å². The van der Waals surface area contributed by atoms with Crippen molar-refractivity contribution in [1.82, 2.24) is 20.0 Å². The van der Waals surface area contributed by atoms with Gasteiger partial charge in [-0.05, 0) is 19.9 Å². The summed E-state index contributed by atoms with van der Waals surface area (Å²) < 4.78 is 0. The second-order valence-corrected chi connectivity index (χ2v) is 5.70. The molecule has 2 amide bonds. The van der Waals surface area contributed by atoms with Gasteiger partial charge in [0.25, 0.3) is 0 Å². The van der Waals surface area contributed by atoms with Crippen LogP contribution in [0, 0.1) is 0 Å². The van der Waals surface area contributed by atoms with E-state index < -0.39 is 0 Å². The average molecular weight is 282 g/mol. The summed E-state index contributed by atoms with van der Waals surface area (Å²) in [6.45, 7) is 6.25. The summed E-state index contributed by atoms with van der Waals surface area (Å²) in [5.74, 6) is 0.355. The lowest BCUT2D eigenvalue weighted by molar-refractivity contribution is -0.132. The van der Waals surface area contributed by atoms with Gasteiger partial charge in [-0.1, -0.05) is 0 Å². The van der Waals surface area contributed by atoms with E-state index in [0.29, 0.717) is 19.5 Å². The number of likely N-dealkylation sites (N-methyl/N-ethyl adjacent to an activating group) is 1. The van der Waals surface area contributed by atoms with Crippen molar-refractivity contribution >= 4 is 11.8 Å². The van der Waals surface area contributed by atoms with Crippen LogP contribution >= 0.6 is 0 Å². The van der Waals surface area contributed by atoms with Crippen LogP contribution in [0.5, 0.6) is 0 Å². The van der Waals surface area contributed by atoms with E-state index in [2.05, 4.69) is 17.3 Å². The van der Waals surface area contributed by atoms with Crippen LogP contribution in [0.3, 0.4) is 0 Å². The summed E-state index contributed by atoms with van der Waals surface area (Å²) in [4.78, 5) is 29.8. The lowest BCUT2D eigenvalue weighted by Gasteiger charge is -2.32. The maximum Gasteiger partial charge on any atom is 0.236 e. The van der Waals surface area contributed by atoms with E-state index >= 15 is 0 Å². The Kier molecular flexibility index (Phi) is 5.79. The summed E-state index contributed by atoms with van der Waals surface area (Å²) in [6.07, 6.45) is 2.75. The molecule has 2 aliphatic heterocycles. The Morgan fingerprint density at radius 3 is 2.15 bits per heavy atom. The molecule has 0 radical (unpaired) electrons. The van der Waals surface area contributed by atoms with E-state index in [1.807, 2.05) is 9.80 Å². The number of nitrogens with one attached hydrogen (secondary N) is 1. The smallest absolute Gasteiger partial charge is 0.236 e. The molecule has 0 aromatic heterocycles. The summed E-state index contributed by atoms with van der Waals surface area (Å²) in [5, 5.41) is 3.10. The minimum absolute atomic E-state index is 0.145. The minimum Gasteiger partial charge on any atom is -0.343 e. The number of rotatable bonds is 5. The van der Waals surface area contributed by atoms with E-state index in [1.54, 1.807) is 0 Å². The third-order valence-corrected chi connectivity index (χ3v) is 4.11. The third-order valence-electron chi connectivity index (χ3n) is 4.11. The molecule has 2 rings (SSSR count). The minimum atomic E-state index is 0.145. The molecule has 0 unspecified atom stereocenters. The van der Waals surface area contributed by atoms with Gasteiger partial charge in [0.1, 0.15) is 0 Å². The highest BCUT2D eigenvalue weighted by Crippen LogP contribution is 2.08. The van der Waals surface area contributed by atoms with Gasteiger partial charge in [0, 0.05) is 52.2 Å². The van der Waals surface area contributed by atoms with Crippen molar-refractivity contribution in [3.63, 3.8) is 0 Å². The molecular formula is C14H26N4O2. The van der Waals surface area contributed by atoms with E-state index in [4.69, 9.17) is 0 Å². The molecule has 0 aromatic carbocycles. The quantitative estimate of drug-likeness (QED) is 0.682. The standard InChI is InChI=1S/C14H26N4O2/c1-16-8-10-18(11-9-16)14(20)12-15-5-4-13(19)17-6-2-3-7-17/h15H,2-12H2,1H3. The fourth-order valence-electron chi connectivity index (χ4n) is 2.68. The Balaban J connectivity index is 1.56.